The molecule has 1 aliphatic rings. The second kappa shape index (κ2) is 5.57. The smallest absolute Gasteiger partial charge is 0.109 e. The Morgan fingerprint density at radius 1 is 1.20 bits per heavy atom. The zero-order chi connectivity index (χ0) is 14.1. The van der Waals surface area contributed by atoms with Crippen LogP contribution in [0.1, 0.15) is 36.7 Å². The quantitative estimate of drug-likeness (QED) is 0.929. The van der Waals surface area contributed by atoms with E-state index in [1.807, 2.05) is 0 Å². The summed E-state index contributed by atoms with van der Waals surface area (Å²) >= 11 is 0. The first kappa shape index (κ1) is 13.6. The Hall–Kier alpha value is -1.35. The molecule has 0 unspecified atom stereocenters. The highest BCUT2D eigenvalue weighted by Gasteiger charge is 2.17. The summed E-state index contributed by atoms with van der Waals surface area (Å²) in [4.78, 5) is 4.85. The molecule has 2 heterocycles. The van der Waals surface area contributed by atoms with E-state index >= 15 is 0 Å². The number of piperidine rings is 1. The lowest BCUT2D eigenvalue weighted by atomic mass is 9.98. The predicted octanol–water partition coefficient (Wildman–Crippen LogP) is 3.22. The van der Waals surface area contributed by atoms with Crippen molar-refractivity contribution in [2.75, 3.05) is 13.1 Å². The first-order valence-electron chi connectivity index (χ1n) is 7.86. The standard InChI is InChI=1S/C17H25N3/c1-4-17-19-15-9-12(2)13(3)10-16(15)20(17)11-14-5-7-18-8-6-14/h9-10,14,18H,4-8,11H2,1-3H3. The van der Waals surface area contributed by atoms with Gasteiger partial charge in [-0.15, -0.1) is 0 Å². The fourth-order valence-electron chi connectivity index (χ4n) is 3.23. The van der Waals surface area contributed by atoms with Crippen LogP contribution in [0.4, 0.5) is 0 Å². The molecule has 1 aliphatic heterocycles. The monoisotopic (exact) mass is 271 g/mol. The van der Waals surface area contributed by atoms with Crippen LogP contribution in [0.25, 0.3) is 11.0 Å². The van der Waals surface area contributed by atoms with Crippen molar-refractivity contribution in [2.45, 2.75) is 46.6 Å². The molecule has 1 aromatic heterocycles. The highest BCUT2D eigenvalue weighted by atomic mass is 15.1. The predicted molar refractivity (Wildman–Crippen MR) is 84.2 cm³/mol. The average molecular weight is 271 g/mol. The number of aryl methyl sites for hydroxylation is 3. The number of rotatable bonds is 3. The SMILES string of the molecule is CCc1nc2cc(C)c(C)cc2n1CC1CCNCC1. The molecule has 0 radical (unpaired) electrons. The van der Waals surface area contributed by atoms with Gasteiger partial charge < -0.3 is 9.88 Å². The van der Waals surface area contributed by atoms with Crippen molar-refractivity contribution in [2.24, 2.45) is 5.92 Å². The normalized spacial score (nSPS) is 16.9. The molecule has 1 N–H and O–H groups in total. The molecule has 1 saturated heterocycles. The Morgan fingerprint density at radius 2 is 1.90 bits per heavy atom. The second-order valence-corrected chi connectivity index (χ2v) is 6.11. The van der Waals surface area contributed by atoms with E-state index in [1.54, 1.807) is 0 Å². The fourth-order valence-corrected chi connectivity index (χ4v) is 3.23. The molecule has 108 valence electrons. The number of aromatic nitrogens is 2. The Morgan fingerprint density at radius 3 is 2.60 bits per heavy atom. The van der Waals surface area contributed by atoms with Gasteiger partial charge in [-0.25, -0.2) is 4.98 Å². The molecule has 0 atom stereocenters. The molecule has 3 rings (SSSR count). The van der Waals surface area contributed by atoms with Gasteiger partial charge in [0.15, 0.2) is 0 Å². The maximum atomic E-state index is 4.85. The van der Waals surface area contributed by atoms with Crippen molar-refractivity contribution < 1.29 is 0 Å². The third kappa shape index (κ3) is 2.47. The maximum absolute atomic E-state index is 4.85. The molecule has 2 aromatic rings. The Bertz CT molecular complexity index is 606. The first-order valence-corrected chi connectivity index (χ1v) is 7.86. The van der Waals surface area contributed by atoms with Crippen molar-refractivity contribution in [1.82, 2.24) is 14.9 Å². The molecule has 1 aromatic carbocycles. The van der Waals surface area contributed by atoms with E-state index in [1.165, 1.54) is 40.8 Å². The summed E-state index contributed by atoms with van der Waals surface area (Å²) < 4.78 is 2.47. The van der Waals surface area contributed by atoms with Crippen LogP contribution in [0, 0.1) is 19.8 Å². The van der Waals surface area contributed by atoms with Gasteiger partial charge in [0.25, 0.3) is 0 Å². The largest absolute Gasteiger partial charge is 0.328 e. The van der Waals surface area contributed by atoms with Crippen molar-refractivity contribution >= 4 is 11.0 Å². The van der Waals surface area contributed by atoms with Crippen LogP contribution < -0.4 is 5.32 Å². The Kier molecular flexibility index (Phi) is 3.79. The van der Waals surface area contributed by atoms with E-state index < -0.39 is 0 Å². The van der Waals surface area contributed by atoms with Crippen molar-refractivity contribution in [3.05, 3.63) is 29.1 Å². The van der Waals surface area contributed by atoms with Gasteiger partial charge in [0.1, 0.15) is 5.82 Å². The van der Waals surface area contributed by atoms with Gasteiger partial charge in [-0.1, -0.05) is 6.92 Å². The third-order valence-electron chi connectivity index (χ3n) is 4.66. The summed E-state index contributed by atoms with van der Waals surface area (Å²) in [6.07, 6.45) is 3.58. The molecule has 0 aliphatic carbocycles. The van der Waals surface area contributed by atoms with E-state index in [0.717, 1.165) is 32.0 Å². The minimum Gasteiger partial charge on any atom is -0.328 e. The highest BCUT2D eigenvalue weighted by molar-refractivity contribution is 5.78. The zero-order valence-corrected chi connectivity index (χ0v) is 12.9. The number of nitrogens with zero attached hydrogens (tertiary/aromatic N) is 2. The first-order chi connectivity index (χ1) is 9.69. The second-order valence-electron chi connectivity index (χ2n) is 6.11. The van der Waals surface area contributed by atoms with Crippen LogP contribution in [-0.4, -0.2) is 22.6 Å². The maximum Gasteiger partial charge on any atom is 0.109 e. The molecule has 1 fully saturated rings. The van der Waals surface area contributed by atoms with E-state index in [4.69, 9.17) is 4.98 Å². The number of hydrogen-bond acceptors (Lipinski definition) is 2. The lowest BCUT2D eigenvalue weighted by Crippen LogP contribution is -2.30. The van der Waals surface area contributed by atoms with Crippen LogP contribution in [0.5, 0.6) is 0 Å². The van der Waals surface area contributed by atoms with Crippen LogP contribution >= 0.6 is 0 Å². The third-order valence-corrected chi connectivity index (χ3v) is 4.66. The summed E-state index contributed by atoms with van der Waals surface area (Å²) in [5, 5.41) is 3.45. The number of imidazole rings is 1. The molecule has 3 heteroatoms. The van der Waals surface area contributed by atoms with Crippen LogP contribution in [0.2, 0.25) is 0 Å². The Labute approximate surface area is 121 Å². The van der Waals surface area contributed by atoms with Gasteiger partial charge in [-0.3, -0.25) is 0 Å². The van der Waals surface area contributed by atoms with Gasteiger partial charge in [-0.05, 0) is 69.0 Å². The molecule has 0 bridgehead atoms. The van der Waals surface area contributed by atoms with Crippen LogP contribution in [-0.2, 0) is 13.0 Å². The van der Waals surface area contributed by atoms with Crippen molar-refractivity contribution in [1.29, 1.82) is 0 Å². The van der Waals surface area contributed by atoms with E-state index in [0.29, 0.717) is 0 Å². The topological polar surface area (TPSA) is 29.9 Å². The van der Waals surface area contributed by atoms with E-state index in [2.05, 4.69) is 42.8 Å². The number of fused-ring (bicyclic) bond motifs is 1. The lowest BCUT2D eigenvalue weighted by molar-refractivity contribution is 0.333. The summed E-state index contributed by atoms with van der Waals surface area (Å²) in [5.74, 6) is 2.03. The van der Waals surface area contributed by atoms with Crippen LogP contribution in [0.3, 0.4) is 0 Å². The average Bonchev–Trinajstić information content (AvgIpc) is 2.78. The Balaban J connectivity index is 2.00. The lowest BCUT2D eigenvalue weighted by Gasteiger charge is -2.24. The summed E-state index contributed by atoms with van der Waals surface area (Å²) in [6.45, 7) is 10.0. The summed E-state index contributed by atoms with van der Waals surface area (Å²) in [7, 11) is 0. The molecular formula is C17H25N3. The fraction of sp³-hybridized carbons (Fsp3) is 0.588. The summed E-state index contributed by atoms with van der Waals surface area (Å²) in [5.41, 5.74) is 5.20. The van der Waals surface area contributed by atoms with Gasteiger partial charge in [-0.2, -0.15) is 0 Å². The summed E-state index contributed by atoms with van der Waals surface area (Å²) in [6, 6.07) is 4.56. The number of hydrogen-bond donors (Lipinski definition) is 1. The zero-order valence-electron chi connectivity index (χ0n) is 12.9. The molecule has 0 saturated carbocycles. The molecule has 0 spiro atoms. The molecule has 20 heavy (non-hydrogen) atoms. The van der Waals surface area contributed by atoms with Gasteiger partial charge >= 0.3 is 0 Å². The van der Waals surface area contributed by atoms with E-state index in [-0.39, 0.29) is 0 Å². The van der Waals surface area contributed by atoms with Crippen molar-refractivity contribution in [3.63, 3.8) is 0 Å². The van der Waals surface area contributed by atoms with Crippen molar-refractivity contribution in [3.8, 4) is 0 Å². The number of benzene rings is 1. The van der Waals surface area contributed by atoms with Gasteiger partial charge in [0, 0.05) is 13.0 Å². The van der Waals surface area contributed by atoms with Gasteiger partial charge in [0.2, 0.25) is 0 Å². The van der Waals surface area contributed by atoms with Gasteiger partial charge in [0.05, 0.1) is 11.0 Å². The van der Waals surface area contributed by atoms with E-state index in [9.17, 15) is 0 Å². The number of nitrogens with one attached hydrogen (secondary N) is 1. The molecule has 0 amide bonds. The minimum absolute atomic E-state index is 0.792. The molecule has 3 nitrogen and oxygen atoms in total. The van der Waals surface area contributed by atoms with Crippen LogP contribution in [0.15, 0.2) is 12.1 Å². The minimum atomic E-state index is 0.792. The highest BCUT2D eigenvalue weighted by Crippen LogP contribution is 2.24. The molecular weight excluding hydrogens is 246 g/mol.